The summed E-state index contributed by atoms with van der Waals surface area (Å²) in [7, 11) is 3.11. The standard InChI is InChI=1S/C45H73NO11/c1-11-33-21-27(4)20-28(5)22-38(53-9)41-39(54-10)24-31(8)45(52,57-41)42(49)43(50)46-19-13-12-14-34(46)44(51)56-40(29(6)15-17-35(33)47)30(7)23-32-16-18-36(48)37(25-32)55-26(2)3/h21,23,26,28-29,31-34,36-41,48,52H,11-20,22,24-25H2,1-10H3/b27-21+,30-23?. The molecule has 0 aromatic carbocycles. The number of amides is 1. The number of ketones is 2. The number of cyclic esters (lactones) is 1. The third-order valence-electron chi connectivity index (χ3n) is 12.9. The monoisotopic (exact) mass is 804 g/mol. The number of rotatable bonds is 7. The van der Waals surface area contributed by atoms with E-state index in [9.17, 15) is 29.4 Å². The third kappa shape index (κ3) is 11.8. The zero-order chi connectivity index (χ0) is 42.2. The third-order valence-corrected chi connectivity index (χ3v) is 12.9. The van der Waals surface area contributed by atoms with Crippen LogP contribution >= 0.6 is 0 Å². The van der Waals surface area contributed by atoms with E-state index in [-0.39, 0.29) is 54.6 Å². The zero-order valence-corrected chi connectivity index (χ0v) is 36.4. The van der Waals surface area contributed by atoms with Crippen LogP contribution in [0.15, 0.2) is 23.3 Å². The molecule has 1 saturated carbocycles. The van der Waals surface area contributed by atoms with E-state index in [1.165, 1.54) is 4.90 Å². The van der Waals surface area contributed by atoms with E-state index in [0.717, 1.165) is 17.6 Å². The number of allylic oxidation sites excluding steroid dienone is 3. The number of aliphatic hydroxyl groups excluding tert-OH is 1. The van der Waals surface area contributed by atoms with E-state index in [1.807, 2.05) is 41.5 Å². The molecular weight excluding hydrogens is 730 g/mol. The van der Waals surface area contributed by atoms with Gasteiger partial charge in [0.2, 0.25) is 5.79 Å². The van der Waals surface area contributed by atoms with Gasteiger partial charge in [-0.25, -0.2) is 4.79 Å². The highest BCUT2D eigenvalue weighted by atomic mass is 16.7. The molecule has 13 unspecified atom stereocenters. The summed E-state index contributed by atoms with van der Waals surface area (Å²) >= 11 is 0. The maximum atomic E-state index is 14.3. The van der Waals surface area contributed by atoms with Gasteiger partial charge in [-0.3, -0.25) is 14.4 Å². The first-order valence-corrected chi connectivity index (χ1v) is 21.7. The lowest BCUT2D eigenvalue weighted by atomic mass is 9.82. The van der Waals surface area contributed by atoms with Crippen LogP contribution in [0.4, 0.5) is 0 Å². The highest BCUT2D eigenvalue weighted by Gasteiger charge is 2.56. The first-order chi connectivity index (χ1) is 26.9. The van der Waals surface area contributed by atoms with Crippen LogP contribution in [0, 0.1) is 29.6 Å². The number of hydrogen-bond donors (Lipinski definition) is 2. The van der Waals surface area contributed by atoms with Crippen LogP contribution < -0.4 is 0 Å². The molecule has 0 aromatic heterocycles. The molecule has 12 nitrogen and oxygen atoms in total. The Morgan fingerprint density at radius 1 is 0.982 bits per heavy atom. The number of methoxy groups -OCH3 is 2. The van der Waals surface area contributed by atoms with Crippen molar-refractivity contribution < 1.29 is 53.1 Å². The summed E-state index contributed by atoms with van der Waals surface area (Å²) in [6.45, 7) is 15.8. The quantitative estimate of drug-likeness (QED) is 0.170. The Balaban J connectivity index is 1.73. The molecule has 4 rings (SSSR count). The fraction of sp³-hybridized carbons (Fsp3) is 0.822. The van der Waals surface area contributed by atoms with Gasteiger partial charge in [-0.05, 0) is 122 Å². The Hall–Kier alpha value is -2.48. The second-order valence-electron chi connectivity index (χ2n) is 18.0. The van der Waals surface area contributed by atoms with Crippen molar-refractivity contribution >= 4 is 23.4 Å². The summed E-state index contributed by atoms with van der Waals surface area (Å²) in [6, 6.07) is -1.04. The largest absolute Gasteiger partial charge is 0.456 e. The number of carbonyl (C=O) groups is 4. The molecule has 4 aliphatic rings. The molecule has 3 fully saturated rings. The Morgan fingerprint density at radius 3 is 2.32 bits per heavy atom. The number of carbonyl (C=O) groups excluding carboxylic acids is 4. The van der Waals surface area contributed by atoms with Crippen LogP contribution in [-0.2, 0) is 42.9 Å². The molecular formula is C45H73NO11. The normalized spacial score (nSPS) is 39.8. The average Bonchev–Trinajstić information content (AvgIpc) is 3.17. The molecule has 1 aliphatic carbocycles. The van der Waals surface area contributed by atoms with E-state index in [1.54, 1.807) is 21.1 Å². The van der Waals surface area contributed by atoms with Crippen LogP contribution in [0.25, 0.3) is 0 Å². The number of esters is 1. The van der Waals surface area contributed by atoms with Gasteiger partial charge in [-0.1, -0.05) is 45.4 Å². The summed E-state index contributed by atoms with van der Waals surface area (Å²) < 4.78 is 30.5. The van der Waals surface area contributed by atoms with Crippen molar-refractivity contribution in [3.05, 3.63) is 23.3 Å². The summed E-state index contributed by atoms with van der Waals surface area (Å²) in [4.78, 5) is 57.8. The fourth-order valence-electron chi connectivity index (χ4n) is 9.64. The van der Waals surface area contributed by atoms with Crippen LogP contribution in [0.5, 0.6) is 0 Å². The summed E-state index contributed by atoms with van der Waals surface area (Å²) in [5.74, 6) is -6.19. The predicted octanol–water partition coefficient (Wildman–Crippen LogP) is 6.28. The average molecular weight is 804 g/mol. The molecule has 13 atom stereocenters. The van der Waals surface area contributed by atoms with Crippen LogP contribution in [0.2, 0.25) is 0 Å². The van der Waals surface area contributed by atoms with Crippen molar-refractivity contribution in [1.82, 2.24) is 4.90 Å². The van der Waals surface area contributed by atoms with Gasteiger partial charge in [-0.15, -0.1) is 0 Å². The second-order valence-corrected chi connectivity index (χ2v) is 18.0. The Kier molecular flexibility index (Phi) is 17.5. The highest BCUT2D eigenvalue weighted by Crippen LogP contribution is 2.39. The molecule has 324 valence electrons. The topological polar surface area (TPSA) is 158 Å². The van der Waals surface area contributed by atoms with Crippen LogP contribution in [0.1, 0.15) is 132 Å². The smallest absolute Gasteiger partial charge is 0.329 e. The van der Waals surface area contributed by atoms with Gasteiger partial charge in [0.25, 0.3) is 11.7 Å². The lowest BCUT2D eigenvalue weighted by Gasteiger charge is -2.47. The number of fused-ring (bicyclic) bond motifs is 3. The Labute approximate surface area is 341 Å². The first-order valence-electron chi connectivity index (χ1n) is 21.7. The molecule has 2 saturated heterocycles. The maximum Gasteiger partial charge on any atom is 0.329 e. The van der Waals surface area contributed by atoms with Crippen molar-refractivity contribution in [2.75, 3.05) is 20.8 Å². The van der Waals surface area contributed by atoms with Gasteiger partial charge < -0.3 is 38.8 Å². The zero-order valence-electron chi connectivity index (χ0n) is 36.4. The van der Waals surface area contributed by atoms with Gasteiger partial charge in [0.1, 0.15) is 24.0 Å². The van der Waals surface area contributed by atoms with Gasteiger partial charge in [0, 0.05) is 39.0 Å². The second kappa shape index (κ2) is 21.2. The minimum atomic E-state index is -2.47. The number of ether oxygens (including phenoxy) is 5. The Bertz CT molecular complexity index is 1440. The van der Waals surface area contributed by atoms with Gasteiger partial charge in [0.15, 0.2) is 0 Å². The van der Waals surface area contributed by atoms with E-state index < -0.39 is 65.9 Å². The molecule has 2 N–H and O–H groups in total. The van der Waals surface area contributed by atoms with E-state index in [2.05, 4.69) is 19.1 Å². The summed E-state index contributed by atoms with van der Waals surface area (Å²) in [5, 5.41) is 22.7. The molecule has 3 aliphatic heterocycles. The number of hydrogen-bond acceptors (Lipinski definition) is 11. The maximum absolute atomic E-state index is 14.3. The van der Waals surface area contributed by atoms with Crippen molar-refractivity contribution in [2.24, 2.45) is 29.6 Å². The molecule has 0 radical (unpaired) electrons. The number of aliphatic hydroxyl groups is 2. The van der Waals surface area contributed by atoms with E-state index in [4.69, 9.17) is 23.7 Å². The molecule has 57 heavy (non-hydrogen) atoms. The van der Waals surface area contributed by atoms with Crippen LogP contribution in [0.3, 0.4) is 0 Å². The predicted molar refractivity (Wildman–Crippen MR) is 216 cm³/mol. The molecule has 0 aromatic rings. The van der Waals surface area contributed by atoms with Crippen molar-refractivity contribution in [2.45, 2.75) is 187 Å². The van der Waals surface area contributed by atoms with Gasteiger partial charge in [-0.2, -0.15) is 0 Å². The minimum Gasteiger partial charge on any atom is -0.456 e. The lowest BCUT2D eigenvalue weighted by Crippen LogP contribution is -2.64. The van der Waals surface area contributed by atoms with Gasteiger partial charge >= 0.3 is 5.97 Å². The summed E-state index contributed by atoms with van der Waals surface area (Å²) in [6.07, 6.45) is 7.04. The van der Waals surface area contributed by atoms with Crippen molar-refractivity contribution in [3.63, 3.8) is 0 Å². The van der Waals surface area contributed by atoms with Gasteiger partial charge in [0.05, 0.1) is 30.5 Å². The molecule has 12 heteroatoms. The van der Waals surface area contributed by atoms with Crippen LogP contribution in [-0.4, -0.2) is 114 Å². The molecule has 0 spiro atoms. The summed E-state index contributed by atoms with van der Waals surface area (Å²) in [5.41, 5.74) is 1.91. The lowest BCUT2D eigenvalue weighted by molar-refractivity contribution is -0.302. The number of Topliss-reactive ketones (excluding diaryl/α,β-unsaturated/α-hetero) is 2. The highest BCUT2D eigenvalue weighted by molar-refractivity contribution is 6.39. The molecule has 1 amide bonds. The molecule has 3 heterocycles. The van der Waals surface area contributed by atoms with E-state index in [0.29, 0.717) is 64.2 Å². The van der Waals surface area contributed by atoms with Crippen molar-refractivity contribution in [3.8, 4) is 0 Å². The fourth-order valence-corrected chi connectivity index (χ4v) is 9.64. The van der Waals surface area contributed by atoms with Crippen molar-refractivity contribution in [1.29, 1.82) is 0 Å². The van der Waals surface area contributed by atoms with E-state index >= 15 is 0 Å². The SMILES string of the molecule is CCC1/C=C(\C)CC(C)CC(OC)C2OC(O)(C(=O)C(=O)N3CCCCC3C(=O)OC(C(C)=CC3CCC(O)C(OC(C)C)C3)C(C)CCC1=O)C(C)CC2OC. The molecule has 2 bridgehead atoms. The number of nitrogens with zero attached hydrogens (tertiary/aromatic N) is 1. The Morgan fingerprint density at radius 2 is 1.67 bits per heavy atom. The number of piperidine rings is 1. The first kappa shape index (κ1) is 47.2. The minimum absolute atomic E-state index is 0.0337.